The Morgan fingerprint density at radius 3 is 2.25 bits per heavy atom. The lowest BCUT2D eigenvalue weighted by Gasteiger charge is -2.09. The molecule has 102 valence electrons. The first-order valence-corrected chi connectivity index (χ1v) is 6.26. The van der Waals surface area contributed by atoms with Crippen molar-refractivity contribution >= 4 is 17.5 Å². The highest BCUT2D eigenvalue weighted by Crippen LogP contribution is 2.16. The van der Waals surface area contributed by atoms with Crippen LogP contribution >= 0.6 is 0 Å². The zero-order valence-electron chi connectivity index (χ0n) is 11.4. The Morgan fingerprint density at radius 2 is 1.65 bits per heavy atom. The number of hydrogen-bond acceptors (Lipinski definition) is 2. The lowest BCUT2D eigenvalue weighted by Crippen LogP contribution is -2.15. The van der Waals surface area contributed by atoms with E-state index < -0.39 is 5.91 Å². The summed E-state index contributed by atoms with van der Waals surface area (Å²) in [6.07, 6.45) is 0. The van der Waals surface area contributed by atoms with Gasteiger partial charge in [-0.15, -0.1) is 0 Å². The number of nitrogens with two attached hydrogens (primary N) is 1. The number of nitrogens with one attached hydrogen (secondary N) is 1. The number of aryl methyl sites for hydroxylation is 2. The van der Waals surface area contributed by atoms with Gasteiger partial charge in [-0.1, -0.05) is 18.2 Å². The maximum Gasteiger partial charge on any atom is 0.255 e. The zero-order valence-corrected chi connectivity index (χ0v) is 11.4. The van der Waals surface area contributed by atoms with Crippen molar-refractivity contribution in [3.05, 3.63) is 64.7 Å². The van der Waals surface area contributed by atoms with E-state index in [1.165, 1.54) is 0 Å². The van der Waals surface area contributed by atoms with Gasteiger partial charge in [0.2, 0.25) is 5.91 Å². The van der Waals surface area contributed by atoms with E-state index in [1.54, 1.807) is 31.2 Å². The molecule has 2 rings (SSSR count). The van der Waals surface area contributed by atoms with Gasteiger partial charge in [-0.05, 0) is 49.2 Å². The minimum absolute atomic E-state index is 0.172. The van der Waals surface area contributed by atoms with Gasteiger partial charge in [0.15, 0.2) is 0 Å². The number of benzene rings is 2. The van der Waals surface area contributed by atoms with Gasteiger partial charge in [-0.25, -0.2) is 0 Å². The van der Waals surface area contributed by atoms with Gasteiger partial charge in [-0.2, -0.15) is 0 Å². The standard InChI is InChI=1S/C16H16N2O2/c1-10-5-3-4-6-14(10)16(20)18-12-7-8-13(15(17)19)11(2)9-12/h3-9H,1-2H3,(H2,17,19)(H,18,20). The van der Waals surface area contributed by atoms with Crippen LogP contribution in [0.4, 0.5) is 5.69 Å². The van der Waals surface area contributed by atoms with E-state index in [1.807, 2.05) is 25.1 Å². The molecular formula is C16H16N2O2. The van der Waals surface area contributed by atoms with Crippen LogP contribution in [0.2, 0.25) is 0 Å². The van der Waals surface area contributed by atoms with Crippen LogP contribution in [0, 0.1) is 13.8 Å². The summed E-state index contributed by atoms with van der Waals surface area (Å²) in [6.45, 7) is 3.67. The minimum atomic E-state index is -0.473. The Balaban J connectivity index is 2.23. The highest BCUT2D eigenvalue weighted by atomic mass is 16.2. The van der Waals surface area contributed by atoms with Gasteiger partial charge in [0, 0.05) is 16.8 Å². The second kappa shape index (κ2) is 5.57. The summed E-state index contributed by atoms with van der Waals surface area (Å²) in [6, 6.07) is 12.4. The molecule has 0 saturated carbocycles. The van der Waals surface area contributed by atoms with E-state index in [0.717, 1.165) is 11.1 Å². The van der Waals surface area contributed by atoms with Crippen LogP contribution in [-0.4, -0.2) is 11.8 Å². The van der Waals surface area contributed by atoms with E-state index in [4.69, 9.17) is 5.73 Å². The molecule has 4 nitrogen and oxygen atoms in total. The Hall–Kier alpha value is -2.62. The fourth-order valence-electron chi connectivity index (χ4n) is 2.04. The van der Waals surface area contributed by atoms with E-state index in [0.29, 0.717) is 16.8 Å². The minimum Gasteiger partial charge on any atom is -0.366 e. The molecule has 0 atom stereocenters. The van der Waals surface area contributed by atoms with Crippen molar-refractivity contribution in [1.29, 1.82) is 0 Å². The topological polar surface area (TPSA) is 72.2 Å². The normalized spacial score (nSPS) is 10.1. The number of primary amides is 1. The Bertz CT molecular complexity index is 678. The number of rotatable bonds is 3. The monoisotopic (exact) mass is 268 g/mol. The molecule has 0 aliphatic rings. The molecule has 0 saturated heterocycles. The molecule has 0 fully saturated rings. The molecule has 0 radical (unpaired) electrons. The lowest BCUT2D eigenvalue weighted by atomic mass is 10.1. The van der Waals surface area contributed by atoms with Gasteiger partial charge in [-0.3, -0.25) is 9.59 Å². The SMILES string of the molecule is Cc1cc(NC(=O)c2ccccc2C)ccc1C(N)=O. The highest BCUT2D eigenvalue weighted by molar-refractivity contribution is 6.05. The third kappa shape index (κ3) is 2.85. The third-order valence-corrected chi connectivity index (χ3v) is 3.14. The predicted octanol–water partition coefficient (Wildman–Crippen LogP) is 2.65. The second-order valence-corrected chi connectivity index (χ2v) is 4.66. The van der Waals surface area contributed by atoms with Crippen molar-refractivity contribution < 1.29 is 9.59 Å². The molecule has 2 aromatic rings. The molecule has 0 unspecified atom stereocenters. The average Bonchev–Trinajstić information content (AvgIpc) is 2.38. The van der Waals surface area contributed by atoms with Crippen molar-refractivity contribution in [1.82, 2.24) is 0 Å². The molecule has 0 aromatic heterocycles. The molecule has 0 heterocycles. The van der Waals surface area contributed by atoms with Gasteiger partial charge in [0.05, 0.1) is 0 Å². The summed E-state index contributed by atoms with van der Waals surface area (Å²) < 4.78 is 0. The van der Waals surface area contributed by atoms with Crippen LogP contribution in [0.1, 0.15) is 31.8 Å². The van der Waals surface area contributed by atoms with E-state index in [-0.39, 0.29) is 5.91 Å². The zero-order chi connectivity index (χ0) is 14.7. The van der Waals surface area contributed by atoms with Gasteiger partial charge >= 0.3 is 0 Å². The Labute approximate surface area is 117 Å². The van der Waals surface area contributed by atoms with Crippen molar-refractivity contribution in [2.75, 3.05) is 5.32 Å². The van der Waals surface area contributed by atoms with E-state index in [9.17, 15) is 9.59 Å². The van der Waals surface area contributed by atoms with Gasteiger partial charge in [0.1, 0.15) is 0 Å². The maximum atomic E-state index is 12.2. The summed E-state index contributed by atoms with van der Waals surface area (Å²) in [7, 11) is 0. The fourth-order valence-corrected chi connectivity index (χ4v) is 2.04. The summed E-state index contributed by atoms with van der Waals surface area (Å²) >= 11 is 0. The predicted molar refractivity (Wildman–Crippen MR) is 78.8 cm³/mol. The van der Waals surface area contributed by atoms with Crippen molar-refractivity contribution in [3.63, 3.8) is 0 Å². The second-order valence-electron chi connectivity index (χ2n) is 4.66. The molecule has 4 heteroatoms. The number of carbonyl (C=O) groups is 2. The number of amides is 2. The van der Waals surface area contributed by atoms with Crippen molar-refractivity contribution in [3.8, 4) is 0 Å². The molecular weight excluding hydrogens is 252 g/mol. The first-order valence-electron chi connectivity index (χ1n) is 6.26. The van der Waals surface area contributed by atoms with Crippen LogP contribution in [-0.2, 0) is 0 Å². The van der Waals surface area contributed by atoms with E-state index in [2.05, 4.69) is 5.32 Å². The molecule has 0 aliphatic carbocycles. The molecule has 0 spiro atoms. The van der Waals surface area contributed by atoms with Crippen molar-refractivity contribution in [2.45, 2.75) is 13.8 Å². The summed E-state index contributed by atoms with van der Waals surface area (Å²) in [5, 5.41) is 2.81. The Morgan fingerprint density at radius 1 is 0.950 bits per heavy atom. The van der Waals surface area contributed by atoms with Gasteiger partial charge in [0.25, 0.3) is 5.91 Å². The summed E-state index contributed by atoms with van der Waals surface area (Å²) in [5.74, 6) is -0.645. The van der Waals surface area contributed by atoms with Crippen LogP contribution in [0.5, 0.6) is 0 Å². The van der Waals surface area contributed by atoms with Crippen LogP contribution in [0.25, 0.3) is 0 Å². The van der Waals surface area contributed by atoms with Gasteiger partial charge < -0.3 is 11.1 Å². The highest BCUT2D eigenvalue weighted by Gasteiger charge is 2.10. The number of hydrogen-bond donors (Lipinski definition) is 2. The first kappa shape index (κ1) is 13.8. The molecule has 2 amide bonds. The maximum absolute atomic E-state index is 12.2. The summed E-state index contributed by atoms with van der Waals surface area (Å²) in [4.78, 5) is 23.3. The van der Waals surface area contributed by atoms with Crippen LogP contribution < -0.4 is 11.1 Å². The first-order chi connectivity index (χ1) is 9.49. The largest absolute Gasteiger partial charge is 0.366 e. The molecule has 20 heavy (non-hydrogen) atoms. The number of carbonyl (C=O) groups excluding carboxylic acids is 2. The Kier molecular flexibility index (Phi) is 3.84. The smallest absolute Gasteiger partial charge is 0.255 e. The molecule has 0 bridgehead atoms. The quantitative estimate of drug-likeness (QED) is 0.898. The van der Waals surface area contributed by atoms with Crippen molar-refractivity contribution in [2.24, 2.45) is 5.73 Å². The van der Waals surface area contributed by atoms with Crippen LogP contribution in [0.15, 0.2) is 42.5 Å². The molecule has 2 aromatic carbocycles. The third-order valence-electron chi connectivity index (χ3n) is 3.14. The number of anilines is 1. The van der Waals surface area contributed by atoms with Crippen LogP contribution in [0.3, 0.4) is 0 Å². The summed E-state index contributed by atoms with van der Waals surface area (Å²) in [5.41, 5.74) is 8.62. The lowest BCUT2D eigenvalue weighted by molar-refractivity contribution is 0.0997. The molecule has 0 aliphatic heterocycles. The average molecular weight is 268 g/mol. The van der Waals surface area contributed by atoms with E-state index >= 15 is 0 Å². The molecule has 3 N–H and O–H groups in total. The fraction of sp³-hybridized carbons (Fsp3) is 0.125.